The van der Waals surface area contributed by atoms with Gasteiger partial charge in [0, 0.05) is 4.47 Å². The molecule has 8 heteroatoms. The minimum atomic E-state index is -3.84. The number of pyridine rings is 1. The summed E-state index contributed by atoms with van der Waals surface area (Å²) in [4.78, 5) is 4.08. The van der Waals surface area contributed by atoms with Crippen LogP contribution in [0.1, 0.15) is 11.5 Å². The SMILES string of the molecule is Cc1nc(NS(=O)(=O)c2ccc(CO)o2)ccc1Br. The number of hydrogen-bond donors (Lipinski definition) is 2. The van der Waals surface area contributed by atoms with Crippen molar-refractivity contribution in [1.82, 2.24) is 4.98 Å². The number of nitrogens with one attached hydrogen (secondary N) is 1. The summed E-state index contributed by atoms with van der Waals surface area (Å²) in [7, 11) is -3.84. The van der Waals surface area contributed by atoms with Gasteiger partial charge in [0.15, 0.2) is 0 Å². The van der Waals surface area contributed by atoms with E-state index in [1.807, 2.05) is 0 Å². The molecule has 0 aromatic carbocycles. The first-order chi connectivity index (χ1) is 8.92. The lowest BCUT2D eigenvalue weighted by Gasteiger charge is -2.06. The summed E-state index contributed by atoms with van der Waals surface area (Å²) in [6.45, 7) is 1.39. The van der Waals surface area contributed by atoms with Gasteiger partial charge in [-0.1, -0.05) is 0 Å². The first kappa shape index (κ1) is 14.0. The summed E-state index contributed by atoms with van der Waals surface area (Å²) in [5.74, 6) is 0.378. The number of halogens is 1. The molecule has 2 N–H and O–H groups in total. The molecular formula is C11H11BrN2O4S. The van der Waals surface area contributed by atoms with Crippen molar-refractivity contribution in [1.29, 1.82) is 0 Å². The highest BCUT2D eigenvalue weighted by molar-refractivity contribution is 9.10. The number of aryl methyl sites for hydroxylation is 1. The van der Waals surface area contributed by atoms with Crippen LogP contribution in [-0.4, -0.2) is 18.5 Å². The lowest BCUT2D eigenvalue weighted by atomic mass is 10.4. The molecule has 6 nitrogen and oxygen atoms in total. The summed E-state index contributed by atoms with van der Waals surface area (Å²) in [5.41, 5.74) is 0.663. The molecular weight excluding hydrogens is 336 g/mol. The van der Waals surface area contributed by atoms with Crippen molar-refractivity contribution in [2.45, 2.75) is 18.6 Å². The van der Waals surface area contributed by atoms with Crippen molar-refractivity contribution in [2.24, 2.45) is 0 Å². The average Bonchev–Trinajstić information content (AvgIpc) is 2.83. The van der Waals surface area contributed by atoms with Gasteiger partial charge >= 0.3 is 0 Å². The Morgan fingerprint density at radius 3 is 2.68 bits per heavy atom. The quantitative estimate of drug-likeness (QED) is 0.883. The van der Waals surface area contributed by atoms with E-state index < -0.39 is 10.0 Å². The lowest BCUT2D eigenvalue weighted by Crippen LogP contribution is -2.13. The van der Waals surface area contributed by atoms with Gasteiger partial charge in [0.25, 0.3) is 10.0 Å². The van der Waals surface area contributed by atoms with Gasteiger partial charge in [0.1, 0.15) is 18.2 Å². The molecule has 2 heterocycles. The highest BCUT2D eigenvalue weighted by Gasteiger charge is 2.19. The van der Waals surface area contributed by atoms with E-state index in [0.717, 1.165) is 4.47 Å². The Morgan fingerprint density at radius 2 is 2.11 bits per heavy atom. The van der Waals surface area contributed by atoms with Crippen LogP contribution in [0.2, 0.25) is 0 Å². The first-order valence-electron chi connectivity index (χ1n) is 5.28. The molecule has 0 bridgehead atoms. The smallest absolute Gasteiger partial charge is 0.296 e. The highest BCUT2D eigenvalue weighted by atomic mass is 79.9. The summed E-state index contributed by atoms with van der Waals surface area (Å²) >= 11 is 3.28. The second-order valence-electron chi connectivity index (χ2n) is 3.75. The van der Waals surface area contributed by atoms with E-state index in [1.54, 1.807) is 13.0 Å². The monoisotopic (exact) mass is 346 g/mol. The predicted octanol–water partition coefficient (Wildman–Crippen LogP) is 2.04. The fourth-order valence-corrected chi connectivity index (χ4v) is 2.55. The fourth-order valence-electron chi connectivity index (χ4n) is 1.38. The molecule has 0 unspecified atom stereocenters. The Kier molecular flexibility index (Phi) is 3.93. The number of aliphatic hydroxyl groups is 1. The zero-order valence-electron chi connectivity index (χ0n) is 9.92. The Bertz CT molecular complexity index is 696. The maximum absolute atomic E-state index is 12.0. The third-order valence-corrected chi connectivity index (χ3v) is 4.38. The number of sulfonamides is 1. The summed E-state index contributed by atoms with van der Waals surface area (Å²) in [5, 5.41) is 8.58. The molecule has 0 atom stereocenters. The van der Waals surface area contributed by atoms with E-state index in [4.69, 9.17) is 9.52 Å². The van der Waals surface area contributed by atoms with E-state index in [1.165, 1.54) is 18.2 Å². The van der Waals surface area contributed by atoms with Crippen LogP contribution >= 0.6 is 15.9 Å². The standard InChI is InChI=1S/C11H11BrN2O4S/c1-7-9(12)3-4-10(13-7)14-19(16,17)11-5-2-8(6-15)18-11/h2-5,15H,6H2,1H3,(H,13,14). The molecule has 0 aliphatic rings. The molecule has 2 aromatic rings. The number of aromatic nitrogens is 1. The number of anilines is 1. The number of furan rings is 1. The maximum atomic E-state index is 12.0. The van der Waals surface area contributed by atoms with Crippen molar-refractivity contribution in [3.8, 4) is 0 Å². The topological polar surface area (TPSA) is 92.4 Å². The van der Waals surface area contributed by atoms with Crippen LogP contribution in [0.25, 0.3) is 0 Å². The molecule has 0 amide bonds. The van der Waals surface area contributed by atoms with Crippen molar-refractivity contribution < 1.29 is 17.9 Å². The van der Waals surface area contributed by atoms with Gasteiger partial charge in [0.05, 0.1) is 5.69 Å². The minimum absolute atomic E-state index is 0.181. The van der Waals surface area contributed by atoms with E-state index in [-0.39, 0.29) is 23.3 Å². The lowest BCUT2D eigenvalue weighted by molar-refractivity contribution is 0.236. The van der Waals surface area contributed by atoms with E-state index in [9.17, 15) is 8.42 Å². The number of aliphatic hydroxyl groups excluding tert-OH is 1. The fraction of sp³-hybridized carbons (Fsp3) is 0.182. The normalized spacial score (nSPS) is 11.5. The molecule has 0 spiro atoms. The molecule has 0 fully saturated rings. The summed E-state index contributed by atoms with van der Waals surface area (Å²) in [6.07, 6.45) is 0. The first-order valence-corrected chi connectivity index (χ1v) is 7.55. The van der Waals surface area contributed by atoms with Crippen molar-refractivity contribution in [2.75, 3.05) is 4.72 Å². The Hall–Kier alpha value is -1.38. The van der Waals surface area contributed by atoms with Gasteiger partial charge in [-0.3, -0.25) is 4.72 Å². The highest BCUT2D eigenvalue weighted by Crippen LogP contribution is 2.20. The minimum Gasteiger partial charge on any atom is -0.445 e. The number of rotatable bonds is 4. The average molecular weight is 347 g/mol. The number of hydrogen-bond acceptors (Lipinski definition) is 5. The third kappa shape index (κ3) is 3.14. The summed E-state index contributed by atoms with van der Waals surface area (Å²) in [6, 6.07) is 5.90. The molecule has 0 saturated heterocycles. The zero-order valence-corrected chi connectivity index (χ0v) is 12.3. The second kappa shape index (κ2) is 5.32. The summed E-state index contributed by atoms with van der Waals surface area (Å²) < 4.78 is 32.1. The Labute approximate surface area is 118 Å². The van der Waals surface area contributed by atoms with Gasteiger partial charge in [0.2, 0.25) is 5.09 Å². The van der Waals surface area contributed by atoms with E-state index in [0.29, 0.717) is 5.69 Å². The van der Waals surface area contributed by atoms with Crippen molar-refractivity contribution >= 4 is 31.8 Å². The van der Waals surface area contributed by atoms with Crippen LogP contribution in [-0.2, 0) is 16.6 Å². The van der Waals surface area contributed by atoms with Crippen molar-refractivity contribution in [3.63, 3.8) is 0 Å². The van der Waals surface area contributed by atoms with Gasteiger partial charge in [-0.05, 0) is 47.1 Å². The van der Waals surface area contributed by atoms with Gasteiger partial charge < -0.3 is 9.52 Å². The second-order valence-corrected chi connectivity index (χ2v) is 6.22. The molecule has 2 aromatic heterocycles. The molecule has 0 aliphatic carbocycles. The van der Waals surface area contributed by atoms with Gasteiger partial charge in [-0.25, -0.2) is 4.98 Å². The number of nitrogens with zero attached hydrogens (tertiary/aromatic N) is 1. The van der Waals surface area contributed by atoms with E-state index >= 15 is 0 Å². The predicted molar refractivity (Wildman–Crippen MR) is 72.1 cm³/mol. The maximum Gasteiger partial charge on any atom is 0.296 e. The van der Waals surface area contributed by atoms with Crippen LogP contribution in [0.5, 0.6) is 0 Å². The zero-order chi connectivity index (χ0) is 14.0. The molecule has 19 heavy (non-hydrogen) atoms. The van der Waals surface area contributed by atoms with Crippen LogP contribution in [0.4, 0.5) is 5.82 Å². The van der Waals surface area contributed by atoms with Crippen LogP contribution in [0.15, 0.2) is 38.2 Å². The molecule has 0 saturated carbocycles. The molecule has 0 radical (unpaired) electrons. The van der Waals surface area contributed by atoms with Crippen LogP contribution < -0.4 is 4.72 Å². The van der Waals surface area contributed by atoms with Crippen LogP contribution in [0.3, 0.4) is 0 Å². The van der Waals surface area contributed by atoms with Gasteiger partial charge in [-0.15, -0.1) is 0 Å². The molecule has 102 valence electrons. The van der Waals surface area contributed by atoms with Gasteiger partial charge in [-0.2, -0.15) is 8.42 Å². The molecule has 2 rings (SSSR count). The molecule has 0 aliphatic heterocycles. The van der Waals surface area contributed by atoms with Crippen molar-refractivity contribution in [3.05, 3.63) is 40.2 Å². The van der Waals surface area contributed by atoms with Crippen LogP contribution in [0, 0.1) is 6.92 Å². The van der Waals surface area contributed by atoms with E-state index in [2.05, 4.69) is 25.6 Å². The third-order valence-electron chi connectivity index (χ3n) is 2.32. The largest absolute Gasteiger partial charge is 0.445 e. The Morgan fingerprint density at radius 1 is 1.37 bits per heavy atom. The Balaban J connectivity index is 2.28.